The molecule has 0 aliphatic carbocycles. The monoisotopic (exact) mass is 293 g/mol. The minimum atomic E-state index is -0.455. The molecule has 2 rings (SSSR count). The van der Waals surface area contributed by atoms with Gasteiger partial charge in [0, 0.05) is 20.3 Å². The smallest absolute Gasteiger partial charge is 0.259 e. The van der Waals surface area contributed by atoms with Crippen molar-refractivity contribution in [3.8, 4) is 0 Å². The van der Waals surface area contributed by atoms with E-state index in [2.05, 4.69) is 10.3 Å². The number of anilines is 2. The van der Waals surface area contributed by atoms with Crippen LogP contribution in [0.25, 0.3) is 0 Å². The molecule has 20 heavy (non-hydrogen) atoms. The highest BCUT2D eigenvalue weighted by molar-refractivity contribution is 6.34. The Morgan fingerprint density at radius 3 is 2.75 bits per heavy atom. The molecule has 0 atom stereocenters. The summed E-state index contributed by atoms with van der Waals surface area (Å²) in [6.45, 7) is 0. The maximum absolute atomic E-state index is 13.0. The number of amides is 1. The van der Waals surface area contributed by atoms with Crippen LogP contribution in [-0.4, -0.2) is 25.0 Å². The van der Waals surface area contributed by atoms with Gasteiger partial charge in [0.1, 0.15) is 11.6 Å². The lowest BCUT2D eigenvalue weighted by Crippen LogP contribution is -2.19. The van der Waals surface area contributed by atoms with E-state index in [0.29, 0.717) is 17.1 Å². The van der Waals surface area contributed by atoms with Crippen LogP contribution >= 0.6 is 11.6 Å². The van der Waals surface area contributed by atoms with Gasteiger partial charge in [-0.25, -0.2) is 9.37 Å². The van der Waals surface area contributed by atoms with Crippen LogP contribution in [0.1, 0.15) is 10.4 Å². The molecule has 2 aromatic rings. The second-order valence-corrected chi connectivity index (χ2v) is 4.75. The van der Waals surface area contributed by atoms with Crippen LogP contribution in [0.3, 0.4) is 0 Å². The number of carbonyl (C=O) groups excluding carboxylic acids is 1. The van der Waals surface area contributed by atoms with E-state index in [1.807, 2.05) is 0 Å². The summed E-state index contributed by atoms with van der Waals surface area (Å²) in [5, 5.41) is 2.79. The molecule has 1 heterocycles. The Bertz CT molecular complexity index is 646. The lowest BCUT2D eigenvalue weighted by atomic mass is 10.2. The maximum Gasteiger partial charge on any atom is 0.259 e. The SMILES string of the molecule is CN(C)c1ncccc1C(=O)Nc1ccc(F)cc1Cl. The quantitative estimate of drug-likeness (QED) is 0.945. The van der Waals surface area contributed by atoms with Gasteiger partial charge in [-0.1, -0.05) is 11.6 Å². The molecular formula is C14H13ClFN3O. The highest BCUT2D eigenvalue weighted by Crippen LogP contribution is 2.24. The van der Waals surface area contributed by atoms with Gasteiger partial charge in [0.25, 0.3) is 5.91 Å². The van der Waals surface area contributed by atoms with E-state index in [-0.39, 0.29) is 10.9 Å². The van der Waals surface area contributed by atoms with Gasteiger partial charge in [0.05, 0.1) is 16.3 Å². The Labute approximate surface area is 121 Å². The summed E-state index contributed by atoms with van der Waals surface area (Å²) in [6, 6.07) is 7.13. The highest BCUT2D eigenvalue weighted by atomic mass is 35.5. The number of hydrogen-bond donors (Lipinski definition) is 1. The number of aromatic nitrogens is 1. The van der Waals surface area contributed by atoms with Crippen molar-refractivity contribution in [2.24, 2.45) is 0 Å². The molecule has 0 aliphatic rings. The van der Waals surface area contributed by atoms with Crippen molar-refractivity contribution in [3.05, 3.63) is 52.9 Å². The largest absolute Gasteiger partial charge is 0.362 e. The zero-order valence-corrected chi connectivity index (χ0v) is 11.8. The van der Waals surface area contributed by atoms with E-state index in [1.165, 1.54) is 12.1 Å². The molecule has 1 amide bonds. The summed E-state index contributed by atoms with van der Waals surface area (Å²) in [7, 11) is 3.59. The Morgan fingerprint density at radius 2 is 2.10 bits per heavy atom. The normalized spacial score (nSPS) is 10.2. The minimum absolute atomic E-state index is 0.147. The lowest BCUT2D eigenvalue weighted by molar-refractivity contribution is 0.102. The minimum Gasteiger partial charge on any atom is -0.362 e. The molecule has 0 spiro atoms. The second kappa shape index (κ2) is 5.88. The number of halogens is 2. The highest BCUT2D eigenvalue weighted by Gasteiger charge is 2.15. The van der Waals surface area contributed by atoms with Crippen molar-refractivity contribution in [1.29, 1.82) is 0 Å². The van der Waals surface area contributed by atoms with Crippen LogP contribution in [0.15, 0.2) is 36.5 Å². The molecule has 0 aliphatic heterocycles. The molecule has 1 N–H and O–H groups in total. The average molecular weight is 294 g/mol. The molecule has 4 nitrogen and oxygen atoms in total. The lowest BCUT2D eigenvalue weighted by Gasteiger charge is -2.15. The number of hydrogen-bond acceptors (Lipinski definition) is 3. The van der Waals surface area contributed by atoms with Gasteiger partial charge >= 0.3 is 0 Å². The molecule has 1 aromatic heterocycles. The van der Waals surface area contributed by atoms with E-state index in [0.717, 1.165) is 6.07 Å². The molecule has 6 heteroatoms. The topological polar surface area (TPSA) is 45.2 Å². The first-order valence-corrected chi connectivity index (χ1v) is 6.25. The summed E-state index contributed by atoms with van der Waals surface area (Å²) in [5.41, 5.74) is 0.768. The number of nitrogens with one attached hydrogen (secondary N) is 1. The fraction of sp³-hybridized carbons (Fsp3) is 0.143. The van der Waals surface area contributed by atoms with Crippen molar-refractivity contribution < 1.29 is 9.18 Å². The molecular weight excluding hydrogens is 281 g/mol. The molecule has 0 radical (unpaired) electrons. The fourth-order valence-corrected chi connectivity index (χ4v) is 1.93. The third-order valence-electron chi connectivity index (χ3n) is 2.63. The van der Waals surface area contributed by atoms with E-state index in [9.17, 15) is 9.18 Å². The third-order valence-corrected chi connectivity index (χ3v) is 2.95. The predicted molar refractivity (Wildman–Crippen MR) is 77.9 cm³/mol. The van der Waals surface area contributed by atoms with Crippen LogP contribution in [0, 0.1) is 5.82 Å². The van der Waals surface area contributed by atoms with E-state index < -0.39 is 5.82 Å². The third kappa shape index (κ3) is 3.05. The standard InChI is InChI=1S/C14H13ClFN3O/c1-19(2)13-10(4-3-7-17-13)14(20)18-12-6-5-9(16)8-11(12)15/h3-8H,1-2H3,(H,18,20). The van der Waals surface area contributed by atoms with Crippen molar-refractivity contribution in [3.63, 3.8) is 0 Å². The van der Waals surface area contributed by atoms with E-state index >= 15 is 0 Å². The van der Waals surface area contributed by atoms with Gasteiger partial charge < -0.3 is 10.2 Å². The van der Waals surface area contributed by atoms with E-state index in [1.54, 1.807) is 37.3 Å². The van der Waals surface area contributed by atoms with Crippen LogP contribution in [0.4, 0.5) is 15.9 Å². The van der Waals surface area contributed by atoms with Gasteiger partial charge in [-0.05, 0) is 30.3 Å². The summed E-state index contributed by atoms with van der Waals surface area (Å²) >= 11 is 5.88. The van der Waals surface area contributed by atoms with Gasteiger partial charge in [0.2, 0.25) is 0 Å². The second-order valence-electron chi connectivity index (χ2n) is 4.35. The number of pyridine rings is 1. The zero-order valence-electron chi connectivity index (χ0n) is 11.0. The Hall–Kier alpha value is -2.14. The van der Waals surface area contributed by atoms with Crippen molar-refractivity contribution in [2.45, 2.75) is 0 Å². The summed E-state index contributed by atoms with van der Waals surface area (Å²) < 4.78 is 13.0. The summed E-state index contributed by atoms with van der Waals surface area (Å²) in [5.74, 6) is -0.262. The Kier molecular flexibility index (Phi) is 4.20. The van der Waals surface area contributed by atoms with Crippen LogP contribution in [0.2, 0.25) is 5.02 Å². The summed E-state index contributed by atoms with van der Waals surface area (Å²) in [6.07, 6.45) is 1.61. The first-order valence-electron chi connectivity index (χ1n) is 5.88. The molecule has 0 fully saturated rings. The van der Waals surface area contributed by atoms with Gasteiger partial charge in [0.15, 0.2) is 0 Å². The molecule has 0 bridgehead atoms. The molecule has 0 unspecified atom stereocenters. The molecule has 0 saturated carbocycles. The summed E-state index contributed by atoms with van der Waals surface area (Å²) in [4.78, 5) is 18.1. The van der Waals surface area contributed by atoms with Crippen LogP contribution in [-0.2, 0) is 0 Å². The predicted octanol–water partition coefficient (Wildman–Crippen LogP) is 3.19. The zero-order chi connectivity index (χ0) is 14.7. The first-order chi connectivity index (χ1) is 9.49. The van der Waals surface area contributed by atoms with Gasteiger partial charge in [-0.15, -0.1) is 0 Å². The van der Waals surface area contributed by atoms with Crippen LogP contribution in [0.5, 0.6) is 0 Å². The van der Waals surface area contributed by atoms with Crippen LogP contribution < -0.4 is 10.2 Å². The molecule has 1 aromatic carbocycles. The van der Waals surface area contributed by atoms with Gasteiger partial charge in [-0.3, -0.25) is 4.79 Å². The number of nitrogens with zero attached hydrogens (tertiary/aromatic N) is 2. The first kappa shape index (κ1) is 14.3. The number of benzene rings is 1. The van der Waals surface area contributed by atoms with Crippen molar-refractivity contribution in [2.75, 3.05) is 24.3 Å². The van der Waals surface area contributed by atoms with Crippen molar-refractivity contribution >= 4 is 29.0 Å². The average Bonchev–Trinajstić information content (AvgIpc) is 2.41. The molecule has 104 valence electrons. The fourth-order valence-electron chi connectivity index (χ4n) is 1.71. The molecule has 0 saturated heterocycles. The maximum atomic E-state index is 13.0. The van der Waals surface area contributed by atoms with Crippen molar-refractivity contribution in [1.82, 2.24) is 4.98 Å². The van der Waals surface area contributed by atoms with Gasteiger partial charge in [-0.2, -0.15) is 0 Å². The number of carbonyl (C=O) groups is 1. The van der Waals surface area contributed by atoms with E-state index in [4.69, 9.17) is 11.6 Å². The Balaban J connectivity index is 2.29. The Morgan fingerprint density at radius 1 is 1.35 bits per heavy atom. The number of rotatable bonds is 3.